The maximum atomic E-state index is 13.6. The summed E-state index contributed by atoms with van der Waals surface area (Å²) < 4.78 is 36.9. The summed E-state index contributed by atoms with van der Waals surface area (Å²) in [5.74, 6) is 0.479. The lowest BCUT2D eigenvalue weighted by molar-refractivity contribution is -0.119. The molecule has 3 aromatic rings. The molecule has 176 valence electrons. The molecule has 0 saturated heterocycles. The van der Waals surface area contributed by atoms with E-state index in [1.807, 2.05) is 13.8 Å². The summed E-state index contributed by atoms with van der Waals surface area (Å²) in [7, 11) is -3.56. The van der Waals surface area contributed by atoms with Gasteiger partial charge in [0.1, 0.15) is 6.07 Å². The molecule has 2 aromatic carbocycles. The van der Waals surface area contributed by atoms with Gasteiger partial charge in [-0.2, -0.15) is 5.26 Å². The number of benzene rings is 2. The Balaban J connectivity index is 1.63. The number of hydrogen-bond acceptors (Lipinski definition) is 7. The average Bonchev–Trinajstić information content (AvgIpc) is 3.43. The predicted molar refractivity (Wildman–Crippen MR) is 127 cm³/mol. The average molecular weight is 501 g/mol. The second-order valence-corrected chi connectivity index (χ2v) is 11.3. The smallest absolute Gasteiger partial charge is 0.242 e. The molecule has 1 fully saturated rings. The quantitative estimate of drug-likeness (QED) is 0.529. The van der Waals surface area contributed by atoms with Crippen LogP contribution in [0.15, 0.2) is 28.8 Å². The molecule has 1 amide bonds. The van der Waals surface area contributed by atoms with Crippen LogP contribution < -0.4 is 14.4 Å². The lowest BCUT2D eigenvalue weighted by Gasteiger charge is -2.20. The van der Waals surface area contributed by atoms with Gasteiger partial charge in [0.05, 0.1) is 45.6 Å². The number of aromatic nitrogens is 1. The number of nitriles is 1. The van der Waals surface area contributed by atoms with Gasteiger partial charge >= 0.3 is 0 Å². The van der Waals surface area contributed by atoms with Crippen molar-refractivity contribution in [2.24, 2.45) is 5.92 Å². The van der Waals surface area contributed by atoms with Crippen LogP contribution >= 0.6 is 11.6 Å². The third-order valence-electron chi connectivity index (χ3n) is 5.96. The fraction of sp³-hybridized carbons (Fsp3) is 0.348. The van der Waals surface area contributed by atoms with Crippen LogP contribution in [-0.2, 0) is 20.2 Å². The summed E-state index contributed by atoms with van der Waals surface area (Å²) in [5, 5.41) is 14.3. The zero-order chi connectivity index (χ0) is 24.4. The van der Waals surface area contributed by atoms with Gasteiger partial charge in [0.25, 0.3) is 0 Å². The molecule has 34 heavy (non-hydrogen) atoms. The first-order chi connectivity index (χ1) is 16.0. The van der Waals surface area contributed by atoms with Gasteiger partial charge in [0, 0.05) is 6.07 Å². The Labute approximate surface area is 201 Å². The van der Waals surface area contributed by atoms with Gasteiger partial charge in [-0.3, -0.25) is 14.4 Å². The predicted octanol–water partition coefficient (Wildman–Crippen LogP) is 4.47. The van der Waals surface area contributed by atoms with Crippen molar-refractivity contribution in [3.8, 4) is 11.8 Å². The van der Waals surface area contributed by atoms with Gasteiger partial charge in [0.2, 0.25) is 15.9 Å². The van der Waals surface area contributed by atoms with Crippen molar-refractivity contribution in [3.63, 3.8) is 0 Å². The highest BCUT2D eigenvalue weighted by Crippen LogP contribution is 2.60. The Morgan fingerprint density at radius 1 is 1.32 bits per heavy atom. The van der Waals surface area contributed by atoms with Gasteiger partial charge in [-0.1, -0.05) is 30.6 Å². The van der Waals surface area contributed by atoms with Crippen LogP contribution in [0.5, 0.6) is 5.75 Å². The van der Waals surface area contributed by atoms with Crippen LogP contribution in [-0.4, -0.2) is 32.3 Å². The molecule has 5 rings (SSSR count). The minimum Gasteiger partial charge on any atom is -0.490 e. The first kappa shape index (κ1) is 22.5. The van der Waals surface area contributed by atoms with Gasteiger partial charge < -0.3 is 9.26 Å². The highest BCUT2D eigenvalue weighted by molar-refractivity contribution is 7.92. The van der Waals surface area contributed by atoms with Gasteiger partial charge in [0.15, 0.2) is 17.2 Å². The SMILES string of the molecule is CC(C)COc1c(Cl)cc(N2C(=O)C3(CC3)c3cc4c(NS(C)(=O)=O)noc4cc32)cc1C#N. The second-order valence-electron chi connectivity index (χ2n) is 9.11. The van der Waals surface area contributed by atoms with Crippen molar-refractivity contribution in [2.75, 3.05) is 22.5 Å². The number of carbonyl (C=O) groups excluding carboxylic acids is 1. The zero-order valence-corrected chi connectivity index (χ0v) is 20.2. The van der Waals surface area contributed by atoms with Crippen LogP contribution in [0.25, 0.3) is 11.0 Å². The number of halogens is 1. The Bertz CT molecular complexity index is 1500. The molecule has 11 heteroatoms. The summed E-state index contributed by atoms with van der Waals surface area (Å²) in [5.41, 5.74) is 1.66. The number of rotatable bonds is 6. The summed E-state index contributed by atoms with van der Waals surface area (Å²) in [4.78, 5) is 15.1. The van der Waals surface area contributed by atoms with Crippen molar-refractivity contribution in [2.45, 2.75) is 32.1 Å². The molecule has 1 aliphatic carbocycles. The van der Waals surface area contributed by atoms with Crippen molar-refractivity contribution in [1.82, 2.24) is 5.16 Å². The molecule has 0 radical (unpaired) electrons. The van der Waals surface area contributed by atoms with Gasteiger partial charge in [-0.25, -0.2) is 8.42 Å². The van der Waals surface area contributed by atoms with Crippen LogP contribution in [0.1, 0.15) is 37.8 Å². The molecule has 1 aliphatic heterocycles. The number of hydrogen-bond donors (Lipinski definition) is 1. The van der Waals surface area contributed by atoms with E-state index in [1.54, 1.807) is 24.3 Å². The summed E-state index contributed by atoms with van der Waals surface area (Å²) in [6, 6.07) is 8.74. The van der Waals surface area contributed by atoms with Gasteiger partial charge in [-0.15, -0.1) is 0 Å². The molecule has 2 heterocycles. The summed E-state index contributed by atoms with van der Waals surface area (Å²) in [6.07, 6.45) is 2.35. The van der Waals surface area contributed by atoms with E-state index in [0.717, 1.165) is 11.8 Å². The number of sulfonamides is 1. The Morgan fingerprint density at radius 3 is 2.68 bits per heavy atom. The normalized spacial score (nSPS) is 16.2. The summed E-state index contributed by atoms with van der Waals surface area (Å²) in [6.45, 7) is 4.38. The maximum Gasteiger partial charge on any atom is 0.242 e. The minimum atomic E-state index is -3.56. The number of ether oxygens (including phenoxy) is 1. The van der Waals surface area contributed by atoms with Crippen molar-refractivity contribution >= 4 is 55.7 Å². The lowest BCUT2D eigenvalue weighted by atomic mass is 9.96. The fourth-order valence-electron chi connectivity index (χ4n) is 4.28. The molecule has 0 bridgehead atoms. The van der Waals surface area contributed by atoms with Crippen LogP contribution in [0, 0.1) is 17.2 Å². The van der Waals surface area contributed by atoms with E-state index in [2.05, 4.69) is 15.9 Å². The largest absolute Gasteiger partial charge is 0.490 e. The molecule has 2 aliphatic rings. The zero-order valence-electron chi connectivity index (χ0n) is 18.7. The van der Waals surface area contributed by atoms with Crippen molar-refractivity contribution < 1.29 is 22.5 Å². The topological polar surface area (TPSA) is 126 Å². The van der Waals surface area contributed by atoms with E-state index < -0.39 is 15.4 Å². The van der Waals surface area contributed by atoms with Crippen LogP contribution in [0.4, 0.5) is 17.2 Å². The number of fused-ring (bicyclic) bond motifs is 3. The number of nitrogens with zero attached hydrogens (tertiary/aromatic N) is 3. The summed E-state index contributed by atoms with van der Waals surface area (Å²) >= 11 is 6.49. The van der Waals surface area contributed by atoms with Crippen LogP contribution in [0.3, 0.4) is 0 Å². The molecular formula is C23H21ClN4O5S. The minimum absolute atomic E-state index is 0.0727. The second kappa shape index (κ2) is 7.61. The fourth-order valence-corrected chi connectivity index (χ4v) is 5.05. The molecule has 0 atom stereocenters. The van der Waals surface area contributed by atoms with E-state index >= 15 is 0 Å². The number of carbonyl (C=O) groups is 1. The van der Waals surface area contributed by atoms with E-state index in [0.29, 0.717) is 41.8 Å². The number of nitrogens with one attached hydrogen (secondary N) is 1. The molecule has 1 saturated carbocycles. The molecule has 1 spiro atoms. The lowest BCUT2D eigenvalue weighted by Crippen LogP contribution is -2.28. The van der Waals surface area contributed by atoms with E-state index in [1.165, 1.54) is 4.90 Å². The first-order valence-corrected chi connectivity index (χ1v) is 12.9. The monoisotopic (exact) mass is 500 g/mol. The van der Waals surface area contributed by atoms with Crippen molar-refractivity contribution in [1.29, 1.82) is 5.26 Å². The highest BCUT2D eigenvalue weighted by atomic mass is 35.5. The number of anilines is 3. The first-order valence-electron chi connectivity index (χ1n) is 10.7. The maximum absolute atomic E-state index is 13.6. The third-order valence-corrected chi connectivity index (χ3v) is 6.80. The number of amides is 1. The molecular weight excluding hydrogens is 480 g/mol. The van der Waals surface area contributed by atoms with Crippen molar-refractivity contribution in [3.05, 3.63) is 40.4 Å². The van der Waals surface area contributed by atoms with Gasteiger partial charge in [-0.05, 0) is 42.5 Å². The third kappa shape index (κ3) is 3.56. The van der Waals surface area contributed by atoms with E-state index in [9.17, 15) is 18.5 Å². The Morgan fingerprint density at radius 2 is 2.06 bits per heavy atom. The molecule has 1 aromatic heterocycles. The standard InChI is InChI=1S/C23H21ClN4O5S/c1-12(2)11-32-20-13(10-25)6-14(7-17(20)24)28-18-9-19-15(21(26-33-19)27-34(3,30)31)8-16(18)23(4-5-23)22(28)29/h6-9,12H,4-5,11H2,1-3H3,(H,26,27). The van der Waals surface area contributed by atoms with E-state index in [4.69, 9.17) is 20.9 Å². The van der Waals surface area contributed by atoms with E-state index in [-0.39, 0.29) is 34.0 Å². The molecule has 9 nitrogen and oxygen atoms in total. The Hall–Kier alpha value is -3.29. The Kier molecular flexibility index (Phi) is 5.04. The molecule has 0 unspecified atom stereocenters. The van der Waals surface area contributed by atoms with Crippen LogP contribution in [0.2, 0.25) is 5.02 Å². The molecule has 1 N–H and O–H groups in total. The highest BCUT2D eigenvalue weighted by Gasteiger charge is 2.60.